The lowest BCUT2D eigenvalue weighted by Crippen LogP contribution is -2.32. The van der Waals surface area contributed by atoms with E-state index in [9.17, 15) is 34.8 Å². The number of unbranched alkanes of at least 4 members (excludes halogenated alkanes) is 21. The van der Waals surface area contributed by atoms with E-state index in [1.165, 1.54) is 89.9 Å². The zero-order valence-corrected chi connectivity index (χ0v) is 41.2. The Balaban J connectivity index is -0.000000763. The predicted octanol–water partition coefficient (Wildman–Crippen LogP) is 9.11. The number of nitrogens with zero attached hydrogens (tertiary/aromatic N) is 1. The van der Waals surface area contributed by atoms with Crippen molar-refractivity contribution in [2.45, 2.75) is 175 Å². The van der Waals surface area contributed by atoms with E-state index in [4.69, 9.17) is 21.4 Å². The monoisotopic (exact) mass is 1010 g/mol. The van der Waals surface area contributed by atoms with Crippen molar-refractivity contribution >= 4 is 82.9 Å². The van der Waals surface area contributed by atoms with E-state index in [0.29, 0.717) is 44.3 Å². The standard InChI is InChI=1S/C14H28ClNO3S.C14H27NO3S.C12H24O4S.HI/c1-2-3-4-5-6-7-8-9-12-20(18,19)13-14(17)16-11-10-15;1-2-3-4-5-6-7-8-9-12-19(16,17)13-14-15-10-11-18-14;1-2-3-4-5-6-7-8-9-10-17(15,16)11-12(13)14;/h2-13H2,1H3,(H,16,17);2-13H2,1H3;2-11H2,1H3,(H,13,14);1H. The Labute approximate surface area is 370 Å². The van der Waals surface area contributed by atoms with Crippen molar-refractivity contribution < 1.29 is 44.7 Å². The van der Waals surface area contributed by atoms with Crippen LogP contribution < -0.4 is 5.32 Å². The molecular weight excluding hydrogens is 927 g/mol. The van der Waals surface area contributed by atoms with Crippen molar-refractivity contribution in [1.29, 1.82) is 0 Å². The van der Waals surface area contributed by atoms with Gasteiger partial charge in [0.05, 0.1) is 23.8 Å². The Morgan fingerprint density at radius 2 is 0.947 bits per heavy atom. The zero-order chi connectivity index (χ0) is 42.4. The molecule has 0 aromatic heterocycles. The number of carbonyl (C=O) groups is 2. The Morgan fingerprint density at radius 1 is 0.596 bits per heavy atom. The van der Waals surface area contributed by atoms with Gasteiger partial charge in [-0.15, -0.1) is 35.6 Å². The molecule has 0 saturated carbocycles. The number of hydrogen-bond donors (Lipinski definition) is 2. The lowest BCUT2D eigenvalue weighted by atomic mass is 10.1. The lowest BCUT2D eigenvalue weighted by Gasteiger charge is -2.05. The number of nitrogens with one attached hydrogen (secondary N) is 1. The largest absolute Gasteiger partial charge is 0.480 e. The van der Waals surface area contributed by atoms with Gasteiger partial charge in [0, 0.05) is 12.4 Å². The lowest BCUT2D eigenvalue weighted by molar-refractivity contribution is -0.134. The minimum atomic E-state index is -3.38. The molecule has 2 N–H and O–H groups in total. The van der Waals surface area contributed by atoms with Gasteiger partial charge in [-0.1, -0.05) is 156 Å². The van der Waals surface area contributed by atoms with Crippen LogP contribution in [0.1, 0.15) is 175 Å². The van der Waals surface area contributed by atoms with Crippen LogP contribution in [0.5, 0.6) is 0 Å². The van der Waals surface area contributed by atoms with Gasteiger partial charge < -0.3 is 15.2 Å². The van der Waals surface area contributed by atoms with Crippen molar-refractivity contribution in [2.24, 2.45) is 4.99 Å². The minimum Gasteiger partial charge on any atom is -0.480 e. The number of amides is 1. The Kier molecular flexibility index (Phi) is 43.2. The third-order valence-electron chi connectivity index (χ3n) is 9.03. The fourth-order valence-electron chi connectivity index (χ4n) is 5.86. The number of ether oxygens (including phenoxy) is 1. The highest BCUT2D eigenvalue weighted by Gasteiger charge is 2.19. The molecule has 0 fully saturated rings. The third-order valence-corrected chi connectivity index (χ3v) is 14.0. The van der Waals surface area contributed by atoms with Crippen molar-refractivity contribution in [1.82, 2.24) is 5.32 Å². The summed E-state index contributed by atoms with van der Waals surface area (Å²) in [6, 6.07) is 0. The molecule has 0 aromatic rings. The first-order chi connectivity index (χ1) is 26.6. The second-order valence-corrected chi connectivity index (χ2v) is 21.7. The van der Waals surface area contributed by atoms with Gasteiger partial charge in [0.1, 0.15) is 23.9 Å². The highest BCUT2D eigenvalue weighted by atomic mass is 127. The maximum Gasteiger partial charge on any atom is 0.318 e. The molecular formula is C40H80ClIN2O10S3. The van der Waals surface area contributed by atoms with Crippen LogP contribution in [0.4, 0.5) is 0 Å². The van der Waals surface area contributed by atoms with Crippen LogP contribution >= 0.6 is 35.6 Å². The van der Waals surface area contributed by atoms with E-state index in [1.807, 2.05) is 0 Å². The van der Waals surface area contributed by atoms with E-state index in [-0.39, 0.29) is 47.0 Å². The van der Waals surface area contributed by atoms with Crippen molar-refractivity contribution in [2.75, 3.05) is 60.1 Å². The molecule has 1 amide bonds. The molecule has 0 saturated heterocycles. The van der Waals surface area contributed by atoms with Crippen LogP contribution in [0.25, 0.3) is 0 Å². The molecule has 342 valence electrons. The summed E-state index contributed by atoms with van der Waals surface area (Å²) in [6.07, 6.45) is 26.9. The summed E-state index contributed by atoms with van der Waals surface area (Å²) in [5.41, 5.74) is 0. The van der Waals surface area contributed by atoms with Crippen LogP contribution in [-0.2, 0) is 43.8 Å². The zero-order valence-electron chi connectivity index (χ0n) is 35.6. The molecule has 1 aliphatic rings. The molecule has 0 atom stereocenters. The van der Waals surface area contributed by atoms with Crippen LogP contribution in [0.15, 0.2) is 4.99 Å². The fraction of sp³-hybridized carbons (Fsp3) is 0.925. The fourth-order valence-corrected chi connectivity index (χ4v) is 9.75. The summed E-state index contributed by atoms with van der Waals surface area (Å²) in [5.74, 6) is -1.79. The van der Waals surface area contributed by atoms with Crippen molar-refractivity contribution in [3.63, 3.8) is 0 Å². The SMILES string of the molecule is CCCCCCCCCCS(=O)(=O)CC(=O)NCCCl.CCCCCCCCCCS(=O)(=O)CC(=O)O.CCCCCCCCCCS(=O)(=O)CC1=NCCO1.I. The number of sulfone groups is 3. The molecule has 57 heavy (non-hydrogen) atoms. The summed E-state index contributed by atoms with van der Waals surface area (Å²) >= 11 is 5.42. The number of alkyl halides is 1. The molecule has 0 aromatic carbocycles. The number of carboxylic acid groups (broad SMARTS) is 1. The van der Waals surface area contributed by atoms with E-state index in [2.05, 4.69) is 31.1 Å². The average Bonchev–Trinajstić information content (AvgIpc) is 3.63. The summed E-state index contributed by atoms with van der Waals surface area (Å²) < 4.78 is 74.6. The van der Waals surface area contributed by atoms with Crippen LogP contribution in [0, 0.1) is 0 Å². The number of aliphatic imine (C=N–C) groups is 1. The Hall–Kier alpha value is -0.720. The molecule has 1 heterocycles. The Morgan fingerprint density at radius 3 is 1.28 bits per heavy atom. The molecule has 0 unspecified atom stereocenters. The first-order valence-electron chi connectivity index (χ1n) is 21.4. The number of halogens is 2. The maximum absolute atomic E-state index is 11.8. The molecule has 1 aliphatic heterocycles. The number of hydrogen-bond acceptors (Lipinski definition) is 10. The molecule has 1 rings (SSSR count). The quantitative estimate of drug-likeness (QED) is 0.0352. The van der Waals surface area contributed by atoms with Gasteiger partial charge in [-0.3, -0.25) is 14.6 Å². The van der Waals surface area contributed by atoms with Crippen LogP contribution in [0.3, 0.4) is 0 Å². The third kappa shape index (κ3) is 46.2. The van der Waals surface area contributed by atoms with Gasteiger partial charge in [0.15, 0.2) is 35.4 Å². The average molecular weight is 1010 g/mol. The van der Waals surface area contributed by atoms with Gasteiger partial charge >= 0.3 is 5.97 Å². The van der Waals surface area contributed by atoms with Gasteiger partial charge in [0.25, 0.3) is 0 Å². The van der Waals surface area contributed by atoms with Crippen molar-refractivity contribution in [3.05, 3.63) is 0 Å². The summed E-state index contributed by atoms with van der Waals surface area (Å²) in [7, 11) is -9.67. The summed E-state index contributed by atoms with van der Waals surface area (Å²) in [4.78, 5) is 25.6. The number of carboxylic acids is 1. The van der Waals surface area contributed by atoms with E-state index in [1.54, 1.807) is 0 Å². The van der Waals surface area contributed by atoms with E-state index in [0.717, 1.165) is 51.4 Å². The maximum atomic E-state index is 11.8. The highest BCUT2D eigenvalue weighted by Crippen LogP contribution is 2.12. The normalized spacial score (nSPS) is 12.6. The second kappa shape index (κ2) is 40.7. The topological polar surface area (TPSA) is 190 Å². The van der Waals surface area contributed by atoms with Gasteiger partial charge in [0.2, 0.25) is 5.91 Å². The molecule has 12 nitrogen and oxygen atoms in total. The second-order valence-electron chi connectivity index (χ2n) is 14.8. The first-order valence-corrected chi connectivity index (χ1v) is 27.4. The highest BCUT2D eigenvalue weighted by molar-refractivity contribution is 14.0. The molecule has 17 heteroatoms. The molecule has 0 radical (unpaired) electrons. The van der Waals surface area contributed by atoms with E-state index < -0.39 is 52.9 Å². The van der Waals surface area contributed by atoms with Gasteiger partial charge in [-0.2, -0.15) is 0 Å². The minimum absolute atomic E-state index is 0. The molecule has 0 spiro atoms. The number of aliphatic carboxylic acids is 1. The molecule has 0 aliphatic carbocycles. The Bertz CT molecular complexity index is 1330. The number of carbonyl (C=O) groups excluding carboxylic acids is 1. The van der Waals surface area contributed by atoms with Crippen LogP contribution in [0.2, 0.25) is 0 Å². The van der Waals surface area contributed by atoms with Crippen LogP contribution in [-0.4, -0.2) is 108 Å². The van der Waals surface area contributed by atoms with Crippen molar-refractivity contribution in [3.8, 4) is 0 Å². The summed E-state index contributed by atoms with van der Waals surface area (Å²) in [6.45, 7) is 8.02. The smallest absolute Gasteiger partial charge is 0.318 e. The molecule has 0 bridgehead atoms. The first kappa shape index (κ1) is 60.6. The summed E-state index contributed by atoms with van der Waals surface area (Å²) in [5, 5.41) is 10.9. The number of rotatable bonds is 35. The van der Waals surface area contributed by atoms with Gasteiger partial charge in [-0.25, -0.2) is 25.3 Å². The van der Waals surface area contributed by atoms with Gasteiger partial charge in [-0.05, 0) is 19.3 Å². The van der Waals surface area contributed by atoms with E-state index >= 15 is 0 Å². The predicted molar refractivity (Wildman–Crippen MR) is 249 cm³/mol.